The summed E-state index contributed by atoms with van der Waals surface area (Å²) >= 11 is 0. The molecule has 2 N–H and O–H groups in total. The summed E-state index contributed by atoms with van der Waals surface area (Å²) in [6, 6.07) is 14.6. The Labute approximate surface area is 165 Å². The summed E-state index contributed by atoms with van der Waals surface area (Å²) in [5, 5.41) is 0. The molecule has 5 nitrogen and oxygen atoms in total. The molecule has 150 valence electrons. The van der Waals surface area contributed by atoms with Crippen molar-refractivity contribution in [3.63, 3.8) is 0 Å². The molecule has 1 fully saturated rings. The normalized spacial score (nSPS) is 19.2. The van der Waals surface area contributed by atoms with Gasteiger partial charge in [0, 0.05) is 37.2 Å². The van der Waals surface area contributed by atoms with Crippen LogP contribution < -0.4 is 5.73 Å². The predicted octanol–water partition coefficient (Wildman–Crippen LogP) is 2.80. The van der Waals surface area contributed by atoms with E-state index in [0.29, 0.717) is 44.0 Å². The van der Waals surface area contributed by atoms with E-state index in [1.54, 1.807) is 13.2 Å². The number of benzene rings is 2. The maximum Gasteiger partial charge on any atom is 0.253 e. The Hall–Kier alpha value is -2.28. The lowest BCUT2D eigenvalue weighted by Gasteiger charge is -2.17. The van der Waals surface area contributed by atoms with Gasteiger partial charge in [-0.15, -0.1) is 0 Å². The van der Waals surface area contributed by atoms with Gasteiger partial charge in [-0.25, -0.2) is 4.39 Å². The van der Waals surface area contributed by atoms with Gasteiger partial charge in [0.1, 0.15) is 5.82 Å². The molecule has 3 rings (SSSR count). The number of carbonyl (C=O) groups excluding carboxylic acids is 1. The van der Waals surface area contributed by atoms with E-state index in [2.05, 4.69) is 12.1 Å². The molecule has 0 unspecified atom stereocenters. The van der Waals surface area contributed by atoms with Crippen LogP contribution in [0.1, 0.15) is 27.4 Å². The Morgan fingerprint density at radius 2 is 1.96 bits per heavy atom. The zero-order valence-electron chi connectivity index (χ0n) is 16.1. The third-order valence-corrected chi connectivity index (χ3v) is 5.24. The van der Waals surface area contributed by atoms with Gasteiger partial charge in [-0.05, 0) is 36.2 Å². The molecule has 1 saturated heterocycles. The van der Waals surface area contributed by atoms with Crippen LogP contribution in [0.15, 0.2) is 48.5 Å². The summed E-state index contributed by atoms with van der Waals surface area (Å²) in [4.78, 5) is 14.8. The molecule has 0 saturated carbocycles. The highest BCUT2D eigenvalue weighted by molar-refractivity contribution is 5.94. The van der Waals surface area contributed by atoms with Crippen molar-refractivity contribution in [1.29, 1.82) is 0 Å². The second-order valence-electron chi connectivity index (χ2n) is 7.07. The topological polar surface area (TPSA) is 64.8 Å². The highest BCUT2D eigenvalue weighted by atomic mass is 19.1. The maximum absolute atomic E-state index is 14.1. The van der Waals surface area contributed by atoms with Gasteiger partial charge in [0.2, 0.25) is 0 Å². The fourth-order valence-electron chi connectivity index (χ4n) is 3.68. The van der Waals surface area contributed by atoms with Crippen molar-refractivity contribution in [3.8, 4) is 0 Å². The van der Waals surface area contributed by atoms with Crippen LogP contribution in [-0.4, -0.2) is 50.8 Å². The van der Waals surface area contributed by atoms with Crippen LogP contribution in [0.25, 0.3) is 0 Å². The van der Waals surface area contributed by atoms with Crippen LogP contribution >= 0.6 is 0 Å². The molecule has 0 bridgehead atoms. The van der Waals surface area contributed by atoms with Crippen molar-refractivity contribution in [1.82, 2.24) is 4.90 Å². The number of hydrogen-bond acceptors (Lipinski definition) is 4. The van der Waals surface area contributed by atoms with E-state index in [-0.39, 0.29) is 30.2 Å². The average Bonchev–Trinajstić information content (AvgIpc) is 3.17. The second kappa shape index (κ2) is 9.78. The summed E-state index contributed by atoms with van der Waals surface area (Å²) < 4.78 is 24.4. The summed E-state index contributed by atoms with van der Waals surface area (Å²) in [7, 11) is 1.58. The molecule has 1 aliphatic heterocycles. The van der Waals surface area contributed by atoms with Gasteiger partial charge in [0.15, 0.2) is 0 Å². The van der Waals surface area contributed by atoms with E-state index in [1.165, 1.54) is 17.7 Å². The van der Waals surface area contributed by atoms with Crippen molar-refractivity contribution in [3.05, 3.63) is 71.0 Å². The molecule has 0 aliphatic carbocycles. The van der Waals surface area contributed by atoms with Gasteiger partial charge in [-0.1, -0.05) is 30.3 Å². The molecule has 0 spiro atoms. The van der Waals surface area contributed by atoms with Gasteiger partial charge in [-0.2, -0.15) is 0 Å². The van der Waals surface area contributed by atoms with Crippen LogP contribution in [0, 0.1) is 11.7 Å². The number of nitrogens with two attached hydrogens (primary N) is 1. The maximum atomic E-state index is 14.1. The fraction of sp³-hybridized carbons (Fsp3) is 0.409. The first-order valence-corrected chi connectivity index (χ1v) is 9.53. The van der Waals surface area contributed by atoms with E-state index in [0.717, 1.165) is 0 Å². The second-order valence-corrected chi connectivity index (χ2v) is 7.07. The quantitative estimate of drug-likeness (QED) is 0.709. The lowest BCUT2D eigenvalue weighted by atomic mass is 9.89. The summed E-state index contributed by atoms with van der Waals surface area (Å²) in [5.74, 6) is -0.0523. The molecule has 2 aromatic rings. The summed E-state index contributed by atoms with van der Waals surface area (Å²) in [6.45, 7) is 2.65. The van der Waals surface area contributed by atoms with Crippen LogP contribution in [-0.2, 0) is 16.1 Å². The van der Waals surface area contributed by atoms with Crippen molar-refractivity contribution < 1.29 is 18.7 Å². The molecule has 0 aromatic heterocycles. The van der Waals surface area contributed by atoms with Gasteiger partial charge >= 0.3 is 0 Å². The highest BCUT2D eigenvalue weighted by Gasteiger charge is 2.35. The number of likely N-dealkylation sites (tertiary alicyclic amines) is 1. The van der Waals surface area contributed by atoms with Crippen molar-refractivity contribution in [2.75, 3.05) is 40.0 Å². The van der Waals surface area contributed by atoms with Crippen LogP contribution in [0.3, 0.4) is 0 Å². The average molecular weight is 386 g/mol. The van der Waals surface area contributed by atoms with Crippen LogP contribution in [0.4, 0.5) is 4.39 Å². The standard InChI is InChI=1S/C22H27FN2O3/c1-27-9-10-28-15-18-11-17(7-8-21(18)23)22(26)25-13-19(12-24)20(14-25)16-5-3-2-4-6-16/h2-8,11,19-20H,9-10,12-15,24H2,1H3/t19-,20+/m1/s1. The minimum atomic E-state index is -0.377. The predicted molar refractivity (Wildman–Crippen MR) is 106 cm³/mol. The van der Waals surface area contributed by atoms with E-state index in [1.807, 2.05) is 23.1 Å². The minimum Gasteiger partial charge on any atom is -0.382 e. The third kappa shape index (κ3) is 4.76. The first kappa shape index (κ1) is 20.5. The number of methoxy groups -OCH3 is 1. The molecule has 0 radical (unpaired) electrons. The lowest BCUT2D eigenvalue weighted by molar-refractivity contribution is 0.0603. The Morgan fingerprint density at radius 1 is 1.18 bits per heavy atom. The summed E-state index contributed by atoms with van der Waals surface area (Å²) in [5.41, 5.74) is 8.01. The summed E-state index contributed by atoms with van der Waals surface area (Å²) in [6.07, 6.45) is 0. The van der Waals surface area contributed by atoms with E-state index < -0.39 is 0 Å². The van der Waals surface area contributed by atoms with Gasteiger partial charge in [-0.3, -0.25) is 4.79 Å². The largest absolute Gasteiger partial charge is 0.382 e. The monoisotopic (exact) mass is 386 g/mol. The van der Waals surface area contributed by atoms with E-state index >= 15 is 0 Å². The third-order valence-electron chi connectivity index (χ3n) is 5.24. The number of amides is 1. The zero-order valence-corrected chi connectivity index (χ0v) is 16.1. The van der Waals surface area contributed by atoms with Gasteiger partial charge < -0.3 is 20.1 Å². The molecule has 28 heavy (non-hydrogen) atoms. The lowest BCUT2D eigenvalue weighted by Crippen LogP contribution is -2.30. The highest BCUT2D eigenvalue weighted by Crippen LogP contribution is 2.33. The first-order valence-electron chi connectivity index (χ1n) is 9.53. The molecule has 1 aliphatic rings. The number of hydrogen-bond donors (Lipinski definition) is 1. The van der Waals surface area contributed by atoms with E-state index in [9.17, 15) is 9.18 Å². The molecular weight excluding hydrogens is 359 g/mol. The minimum absolute atomic E-state index is 0.102. The van der Waals surface area contributed by atoms with Gasteiger partial charge in [0.05, 0.1) is 19.8 Å². The van der Waals surface area contributed by atoms with Crippen molar-refractivity contribution in [2.24, 2.45) is 11.7 Å². The molecule has 6 heteroatoms. The number of nitrogens with zero attached hydrogens (tertiary/aromatic N) is 1. The van der Waals surface area contributed by atoms with Gasteiger partial charge in [0.25, 0.3) is 5.91 Å². The van der Waals surface area contributed by atoms with Crippen molar-refractivity contribution >= 4 is 5.91 Å². The van der Waals surface area contributed by atoms with Crippen LogP contribution in [0.2, 0.25) is 0 Å². The smallest absolute Gasteiger partial charge is 0.253 e. The number of ether oxygens (including phenoxy) is 2. The molecular formula is C22H27FN2O3. The number of rotatable bonds is 8. The molecule has 2 atom stereocenters. The number of carbonyl (C=O) groups is 1. The Kier molecular flexibility index (Phi) is 7.14. The van der Waals surface area contributed by atoms with Crippen LogP contribution in [0.5, 0.6) is 0 Å². The Balaban J connectivity index is 1.71. The van der Waals surface area contributed by atoms with E-state index in [4.69, 9.17) is 15.2 Å². The zero-order chi connectivity index (χ0) is 19.9. The Morgan fingerprint density at radius 3 is 2.68 bits per heavy atom. The Bertz CT molecular complexity index is 785. The first-order chi connectivity index (χ1) is 13.6. The fourth-order valence-corrected chi connectivity index (χ4v) is 3.68. The molecule has 1 heterocycles. The SMILES string of the molecule is COCCOCc1cc(C(=O)N2C[C@@H](CN)[C@H](c3ccccc3)C2)ccc1F. The molecule has 1 amide bonds. The van der Waals surface area contributed by atoms with Crippen molar-refractivity contribution in [2.45, 2.75) is 12.5 Å². The number of halogens is 1. The molecule has 2 aromatic carbocycles.